The molecule has 1 amide bonds. The zero-order valence-corrected chi connectivity index (χ0v) is 16.0. The van der Waals surface area contributed by atoms with E-state index in [1.807, 2.05) is 20.1 Å². The predicted molar refractivity (Wildman–Crippen MR) is 97.3 cm³/mol. The number of aromatic nitrogens is 2. The van der Waals surface area contributed by atoms with Crippen molar-refractivity contribution in [3.63, 3.8) is 0 Å². The first-order valence-corrected chi connectivity index (χ1v) is 9.73. The quantitative estimate of drug-likeness (QED) is 0.774. The average Bonchev–Trinajstić information content (AvgIpc) is 2.98. The summed E-state index contributed by atoms with van der Waals surface area (Å²) < 4.78 is 16.7. The molecule has 1 aliphatic rings. The third-order valence-corrected chi connectivity index (χ3v) is 5.16. The average molecular weight is 377 g/mol. The lowest BCUT2D eigenvalue weighted by atomic mass is 10.1. The number of pyridine rings is 1. The summed E-state index contributed by atoms with van der Waals surface area (Å²) in [5.74, 6) is 0.611. The van der Waals surface area contributed by atoms with Gasteiger partial charge in [0.15, 0.2) is 0 Å². The van der Waals surface area contributed by atoms with Gasteiger partial charge in [0.1, 0.15) is 16.9 Å². The Morgan fingerprint density at radius 1 is 1.46 bits per heavy atom. The van der Waals surface area contributed by atoms with Crippen LogP contribution in [0.5, 0.6) is 0 Å². The van der Waals surface area contributed by atoms with Crippen LogP contribution in [0.2, 0.25) is 0 Å². The normalized spacial score (nSPS) is 20.1. The van der Waals surface area contributed by atoms with Crippen molar-refractivity contribution in [3.05, 3.63) is 40.9 Å². The topological polar surface area (TPSA) is 86.5 Å². The van der Waals surface area contributed by atoms with Crippen LogP contribution < -0.4 is 5.32 Å². The van der Waals surface area contributed by atoms with E-state index >= 15 is 0 Å². The molecule has 2 aromatic rings. The van der Waals surface area contributed by atoms with Gasteiger partial charge in [-0.3, -0.25) is 4.79 Å². The van der Waals surface area contributed by atoms with E-state index in [2.05, 4.69) is 15.5 Å². The van der Waals surface area contributed by atoms with Crippen LogP contribution >= 0.6 is 11.8 Å². The summed E-state index contributed by atoms with van der Waals surface area (Å²) >= 11 is 1.45. The Bertz CT molecular complexity index is 745. The molecule has 0 spiro atoms. The Hall–Kier alpha value is -1.90. The number of ether oxygens (including phenoxy) is 2. The van der Waals surface area contributed by atoms with Crippen molar-refractivity contribution in [2.45, 2.75) is 44.0 Å². The molecule has 0 bridgehead atoms. The van der Waals surface area contributed by atoms with E-state index in [0.29, 0.717) is 36.8 Å². The Kier molecular flexibility index (Phi) is 6.29. The number of nitrogens with one attached hydrogen (secondary N) is 1. The fraction of sp³-hybridized carbons (Fsp3) is 0.500. The molecule has 0 aromatic carbocycles. The molecule has 140 valence electrons. The second kappa shape index (κ2) is 8.66. The van der Waals surface area contributed by atoms with E-state index in [1.165, 1.54) is 11.8 Å². The molecule has 3 rings (SSSR count). The van der Waals surface area contributed by atoms with Crippen molar-refractivity contribution in [2.24, 2.45) is 0 Å². The van der Waals surface area contributed by atoms with Gasteiger partial charge < -0.3 is 19.3 Å². The first-order valence-electron chi connectivity index (χ1n) is 8.51. The third-order valence-electron chi connectivity index (χ3n) is 4.45. The molecule has 2 atom stereocenters. The second-order valence-electron chi connectivity index (χ2n) is 6.16. The van der Waals surface area contributed by atoms with Crippen LogP contribution in [0.1, 0.15) is 33.8 Å². The molecule has 2 aromatic heterocycles. The van der Waals surface area contributed by atoms with Crippen molar-refractivity contribution in [3.8, 4) is 0 Å². The number of aryl methyl sites for hydroxylation is 2. The Morgan fingerprint density at radius 3 is 3.04 bits per heavy atom. The molecule has 7 nitrogen and oxygen atoms in total. The lowest BCUT2D eigenvalue weighted by Gasteiger charge is -2.32. The van der Waals surface area contributed by atoms with Gasteiger partial charge in [-0.15, -0.1) is 11.8 Å². The Morgan fingerprint density at radius 2 is 2.31 bits per heavy atom. The lowest BCUT2D eigenvalue weighted by Crippen LogP contribution is -2.50. The molecular formula is C18H23N3O4S. The van der Waals surface area contributed by atoms with Gasteiger partial charge in [-0.2, -0.15) is 0 Å². The highest BCUT2D eigenvalue weighted by Gasteiger charge is 2.29. The van der Waals surface area contributed by atoms with Gasteiger partial charge in [0.25, 0.3) is 5.91 Å². The third kappa shape index (κ3) is 4.25. The summed E-state index contributed by atoms with van der Waals surface area (Å²) in [4.78, 5) is 16.9. The molecular weight excluding hydrogens is 354 g/mol. The smallest absolute Gasteiger partial charge is 0.254 e. The molecule has 0 aliphatic carbocycles. The Labute approximate surface area is 156 Å². The summed E-state index contributed by atoms with van der Waals surface area (Å²) in [5, 5.41) is 7.74. The van der Waals surface area contributed by atoms with Gasteiger partial charge in [0.2, 0.25) is 0 Å². The van der Waals surface area contributed by atoms with Gasteiger partial charge in [0.05, 0.1) is 30.5 Å². The summed E-state index contributed by atoms with van der Waals surface area (Å²) in [6.45, 7) is 5.17. The summed E-state index contributed by atoms with van der Waals surface area (Å²) in [6, 6.07) is 3.43. The van der Waals surface area contributed by atoms with Crippen LogP contribution in [0.25, 0.3) is 0 Å². The number of carbonyl (C=O) groups is 1. The monoisotopic (exact) mass is 377 g/mol. The van der Waals surface area contributed by atoms with Crippen molar-refractivity contribution in [2.75, 3.05) is 19.5 Å². The van der Waals surface area contributed by atoms with Crippen LogP contribution in [0.3, 0.4) is 0 Å². The van der Waals surface area contributed by atoms with Gasteiger partial charge in [-0.1, -0.05) is 5.16 Å². The van der Waals surface area contributed by atoms with E-state index < -0.39 is 0 Å². The highest BCUT2D eigenvalue weighted by molar-refractivity contribution is 7.98. The van der Waals surface area contributed by atoms with Crippen LogP contribution in [0.15, 0.2) is 27.9 Å². The standard InChI is InChI=1S/C18H23N3O4S/c1-11-14(12(2)25-21-11)9-24-16-10-23-8-6-15(16)20-17(22)13-5-4-7-19-18(13)26-3/h4-5,7,15-16H,6,8-10H2,1-3H3,(H,20,22). The van der Waals surface area contributed by atoms with E-state index in [1.54, 1.807) is 18.3 Å². The van der Waals surface area contributed by atoms with Crippen molar-refractivity contribution < 1.29 is 18.8 Å². The maximum atomic E-state index is 12.7. The number of thioether (sulfide) groups is 1. The van der Waals surface area contributed by atoms with Gasteiger partial charge >= 0.3 is 0 Å². The van der Waals surface area contributed by atoms with Crippen LogP contribution in [0, 0.1) is 13.8 Å². The minimum atomic E-state index is -0.226. The molecule has 1 N–H and O–H groups in total. The zero-order chi connectivity index (χ0) is 18.5. The SMILES string of the molecule is CSc1ncccc1C(=O)NC1CCOCC1OCc1c(C)noc1C. The lowest BCUT2D eigenvalue weighted by molar-refractivity contribution is -0.0739. The fourth-order valence-corrected chi connectivity index (χ4v) is 3.46. The highest BCUT2D eigenvalue weighted by atomic mass is 32.2. The number of hydrogen-bond acceptors (Lipinski definition) is 7. The number of amides is 1. The molecule has 3 heterocycles. The molecule has 26 heavy (non-hydrogen) atoms. The highest BCUT2D eigenvalue weighted by Crippen LogP contribution is 2.20. The molecule has 2 unspecified atom stereocenters. The van der Waals surface area contributed by atoms with Crippen LogP contribution in [-0.4, -0.2) is 47.7 Å². The van der Waals surface area contributed by atoms with E-state index in [-0.39, 0.29) is 18.1 Å². The van der Waals surface area contributed by atoms with Gasteiger partial charge in [-0.05, 0) is 38.7 Å². The zero-order valence-electron chi connectivity index (χ0n) is 15.2. The molecule has 1 aliphatic heterocycles. The molecule has 8 heteroatoms. The maximum absolute atomic E-state index is 12.7. The van der Waals surface area contributed by atoms with E-state index in [0.717, 1.165) is 17.0 Å². The Balaban J connectivity index is 1.66. The molecule has 1 saturated heterocycles. The van der Waals surface area contributed by atoms with E-state index in [4.69, 9.17) is 14.0 Å². The first kappa shape index (κ1) is 18.9. The second-order valence-corrected chi connectivity index (χ2v) is 6.95. The van der Waals surface area contributed by atoms with Crippen LogP contribution in [-0.2, 0) is 16.1 Å². The maximum Gasteiger partial charge on any atom is 0.254 e. The number of rotatable bonds is 6. The number of nitrogens with zero attached hydrogens (tertiary/aromatic N) is 2. The largest absolute Gasteiger partial charge is 0.379 e. The molecule has 0 radical (unpaired) electrons. The van der Waals surface area contributed by atoms with E-state index in [9.17, 15) is 4.79 Å². The predicted octanol–water partition coefficient (Wildman–Crippen LogP) is 2.51. The van der Waals surface area contributed by atoms with Crippen molar-refractivity contribution in [1.29, 1.82) is 0 Å². The van der Waals surface area contributed by atoms with Crippen LogP contribution in [0.4, 0.5) is 0 Å². The summed E-state index contributed by atoms with van der Waals surface area (Å²) in [7, 11) is 0. The first-order chi connectivity index (χ1) is 12.6. The van der Waals surface area contributed by atoms with Gasteiger partial charge in [0, 0.05) is 18.4 Å². The summed E-state index contributed by atoms with van der Waals surface area (Å²) in [5.41, 5.74) is 2.34. The molecule has 1 fully saturated rings. The summed E-state index contributed by atoms with van der Waals surface area (Å²) in [6.07, 6.45) is 4.07. The van der Waals surface area contributed by atoms with Gasteiger partial charge in [-0.25, -0.2) is 4.98 Å². The van der Waals surface area contributed by atoms with Crippen molar-refractivity contribution in [1.82, 2.24) is 15.5 Å². The fourth-order valence-electron chi connectivity index (χ4n) is 2.91. The minimum Gasteiger partial charge on any atom is -0.379 e. The molecule has 0 saturated carbocycles. The van der Waals surface area contributed by atoms with Crippen molar-refractivity contribution >= 4 is 17.7 Å². The number of hydrogen-bond donors (Lipinski definition) is 1. The minimum absolute atomic E-state index is 0.119. The number of carbonyl (C=O) groups excluding carboxylic acids is 1.